The molecule has 1 N–H and O–H groups in total. The number of hydrogen-bond acceptors (Lipinski definition) is 5. The fourth-order valence-electron chi connectivity index (χ4n) is 4.23. The number of rotatable bonds is 10. The maximum absolute atomic E-state index is 13.2. The van der Waals surface area contributed by atoms with Gasteiger partial charge >= 0.3 is 12.1 Å². The molecule has 41 heavy (non-hydrogen) atoms. The van der Waals surface area contributed by atoms with E-state index in [0.29, 0.717) is 6.61 Å². The zero-order valence-electron chi connectivity index (χ0n) is 24.1. The van der Waals surface area contributed by atoms with Gasteiger partial charge in [-0.1, -0.05) is 96.6 Å². The molecule has 0 spiro atoms. The third-order valence-corrected chi connectivity index (χ3v) is 6.28. The van der Waals surface area contributed by atoms with Crippen molar-refractivity contribution in [1.29, 1.82) is 0 Å². The van der Waals surface area contributed by atoms with Crippen molar-refractivity contribution < 1.29 is 23.8 Å². The lowest BCUT2D eigenvalue weighted by molar-refractivity contribution is -0.147. The summed E-state index contributed by atoms with van der Waals surface area (Å²) in [5.41, 5.74) is 5.09. The van der Waals surface area contributed by atoms with Crippen molar-refractivity contribution >= 4 is 12.1 Å². The molecule has 0 saturated heterocycles. The van der Waals surface area contributed by atoms with Crippen molar-refractivity contribution in [3.8, 4) is 16.9 Å². The maximum atomic E-state index is 13.2. The van der Waals surface area contributed by atoms with Crippen LogP contribution in [0.15, 0.2) is 103 Å². The van der Waals surface area contributed by atoms with Crippen LogP contribution >= 0.6 is 0 Å². The molecule has 0 bridgehead atoms. The molecule has 0 unspecified atom stereocenters. The molecule has 0 radical (unpaired) electrons. The topological polar surface area (TPSA) is 73.9 Å². The second-order valence-corrected chi connectivity index (χ2v) is 11.0. The van der Waals surface area contributed by atoms with Crippen molar-refractivity contribution in [1.82, 2.24) is 5.32 Å². The first kappa shape index (κ1) is 29.4. The van der Waals surface area contributed by atoms with Gasteiger partial charge in [0.1, 0.15) is 30.6 Å². The van der Waals surface area contributed by atoms with E-state index in [9.17, 15) is 9.59 Å². The molecule has 6 nitrogen and oxygen atoms in total. The largest absolute Gasteiger partial charge is 0.488 e. The maximum Gasteiger partial charge on any atom is 0.408 e. The minimum Gasteiger partial charge on any atom is -0.488 e. The third-order valence-electron chi connectivity index (χ3n) is 6.28. The van der Waals surface area contributed by atoms with Gasteiger partial charge in [-0.25, -0.2) is 9.59 Å². The number of amides is 1. The van der Waals surface area contributed by atoms with Crippen molar-refractivity contribution in [2.75, 3.05) is 0 Å². The summed E-state index contributed by atoms with van der Waals surface area (Å²) in [5, 5.41) is 2.72. The molecular weight excluding hydrogens is 514 g/mol. The molecule has 0 aliphatic carbocycles. The lowest BCUT2D eigenvalue weighted by Gasteiger charge is -2.23. The molecule has 4 aromatic carbocycles. The second-order valence-electron chi connectivity index (χ2n) is 11.0. The standard InChI is InChI=1S/C35H37NO5/c1-25-15-18-29(19-16-25)30-21-28(17-20-32(30)39-23-26-11-7-5-8-12-26)22-31(36-34(38)41-35(2,3)4)33(37)40-24-27-13-9-6-10-14-27/h5-21,31H,22-24H2,1-4H3,(H,36,38)/t31-/m0/s1. The van der Waals surface area contributed by atoms with E-state index in [1.165, 1.54) is 0 Å². The fraction of sp³-hybridized carbons (Fsp3) is 0.257. The first-order valence-electron chi connectivity index (χ1n) is 13.7. The fourth-order valence-corrected chi connectivity index (χ4v) is 4.23. The zero-order chi connectivity index (χ0) is 29.2. The number of alkyl carbamates (subject to hydrolysis) is 1. The van der Waals surface area contributed by atoms with Crippen molar-refractivity contribution in [3.05, 3.63) is 125 Å². The van der Waals surface area contributed by atoms with Crippen LogP contribution in [0, 0.1) is 6.92 Å². The number of nitrogens with one attached hydrogen (secondary N) is 1. The Morgan fingerprint density at radius 3 is 1.98 bits per heavy atom. The summed E-state index contributed by atoms with van der Waals surface area (Å²) >= 11 is 0. The third kappa shape index (κ3) is 9.24. The highest BCUT2D eigenvalue weighted by atomic mass is 16.6. The highest BCUT2D eigenvalue weighted by Crippen LogP contribution is 2.32. The summed E-state index contributed by atoms with van der Waals surface area (Å²) in [6, 6.07) is 32.5. The van der Waals surface area contributed by atoms with Gasteiger partial charge < -0.3 is 19.5 Å². The Bertz CT molecular complexity index is 1430. The van der Waals surface area contributed by atoms with Crippen molar-refractivity contribution in [2.45, 2.75) is 59.0 Å². The van der Waals surface area contributed by atoms with E-state index in [4.69, 9.17) is 14.2 Å². The van der Waals surface area contributed by atoms with Gasteiger partial charge in [-0.15, -0.1) is 0 Å². The quantitative estimate of drug-likeness (QED) is 0.208. The van der Waals surface area contributed by atoms with Crippen molar-refractivity contribution in [3.63, 3.8) is 0 Å². The minimum absolute atomic E-state index is 0.104. The zero-order valence-corrected chi connectivity index (χ0v) is 24.1. The van der Waals surface area contributed by atoms with Gasteiger partial charge in [0.2, 0.25) is 0 Å². The van der Waals surface area contributed by atoms with E-state index in [-0.39, 0.29) is 13.0 Å². The van der Waals surface area contributed by atoms with Crippen LogP contribution in [0.4, 0.5) is 4.79 Å². The Hall–Kier alpha value is -4.58. The van der Waals surface area contributed by atoms with Crippen LogP contribution in [-0.4, -0.2) is 23.7 Å². The van der Waals surface area contributed by atoms with Crippen LogP contribution < -0.4 is 10.1 Å². The number of carbonyl (C=O) groups excluding carboxylic acids is 2. The number of ether oxygens (including phenoxy) is 3. The van der Waals surface area contributed by atoms with Crippen LogP contribution in [0.1, 0.15) is 43.0 Å². The van der Waals surface area contributed by atoms with Gasteiger partial charge in [-0.2, -0.15) is 0 Å². The average molecular weight is 552 g/mol. The Kier molecular flexibility index (Phi) is 9.80. The van der Waals surface area contributed by atoms with Gasteiger partial charge in [0, 0.05) is 12.0 Å². The van der Waals surface area contributed by atoms with E-state index >= 15 is 0 Å². The SMILES string of the molecule is Cc1ccc(-c2cc(C[C@H](NC(=O)OC(C)(C)C)C(=O)OCc3ccccc3)ccc2OCc2ccccc2)cc1. The molecule has 6 heteroatoms. The number of carbonyl (C=O) groups is 2. The predicted octanol–water partition coefficient (Wildman–Crippen LogP) is 7.42. The molecule has 0 fully saturated rings. The molecule has 4 rings (SSSR count). The van der Waals surface area contributed by atoms with Gasteiger partial charge in [-0.3, -0.25) is 0 Å². The number of hydrogen-bond donors (Lipinski definition) is 1. The van der Waals surface area contributed by atoms with Crippen molar-refractivity contribution in [2.24, 2.45) is 0 Å². The van der Waals surface area contributed by atoms with Gasteiger partial charge in [-0.05, 0) is 62.1 Å². The van der Waals surface area contributed by atoms with Crippen LogP contribution in [0.5, 0.6) is 5.75 Å². The Morgan fingerprint density at radius 1 is 0.756 bits per heavy atom. The van der Waals surface area contributed by atoms with Crippen LogP contribution in [0.2, 0.25) is 0 Å². The summed E-state index contributed by atoms with van der Waals surface area (Å²) in [5.74, 6) is 0.186. The molecule has 0 aromatic heterocycles. The molecule has 0 aliphatic heterocycles. The molecule has 0 heterocycles. The monoisotopic (exact) mass is 551 g/mol. The number of benzene rings is 4. The molecule has 212 valence electrons. The molecule has 4 aromatic rings. The summed E-state index contributed by atoms with van der Waals surface area (Å²) in [7, 11) is 0. The summed E-state index contributed by atoms with van der Waals surface area (Å²) in [6.45, 7) is 7.90. The van der Waals surface area contributed by atoms with Crippen LogP contribution in [0.25, 0.3) is 11.1 Å². The molecule has 1 amide bonds. The average Bonchev–Trinajstić information content (AvgIpc) is 2.95. The Morgan fingerprint density at radius 2 is 1.37 bits per heavy atom. The van der Waals surface area contributed by atoms with Gasteiger partial charge in [0.25, 0.3) is 0 Å². The van der Waals surface area contributed by atoms with E-state index in [0.717, 1.165) is 39.1 Å². The number of esters is 1. The molecule has 1 atom stereocenters. The van der Waals surface area contributed by atoms with E-state index < -0.39 is 23.7 Å². The molecule has 0 saturated carbocycles. The molecule has 0 aliphatic rings. The normalized spacial score (nSPS) is 11.8. The minimum atomic E-state index is -0.949. The van der Waals surface area contributed by atoms with Gasteiger partial charge in [0.05, 0.1) is 0 Å². The van der Waals surface area contributed by atoms with E-state index in [1.54, 1.807) is 20.8 Å². The Balaban J connectivity index is 1.59. The first-order chi connectivity index (χ1) is 19.7. The molecular formula is C35H37NO5. The van der Waals surface area contributed by atoms with E-state index in [1.807, 2.05) is 97.9 Å². The summed E-state index contributed by atoms with van der Waals surface area (Å²) in [4.78, 5) is 25.9. The Labute approximate surface area is 242 Å². The smallest absolute Gasteiger partial charge is 0.408 e. The lowest BCUT2D eigenvalue weighted by Crippen LogP contribution is -2.45. The first-order valence-corrected chi connectivity index (χ1v) is 13.7. The van der Waals surface area contributed by atoms with Gasteiger partial charge in [0.15, 0.2) is 0 Å². The highest BCUT2D eigenvalue weighted by Gasteiger charge is 2.26. The van der Waals surface area contributed by atoms with E-state index in [2.05, 4.69) is 17.4 Å². The summed E-state index contributed by atoms with van der Waals surface area (Å²) < 4.78 is 17.3. The second kappa shape index (κ2) is 13.7. The highest BCUT2D eigenvalue weighted by molar-refractivity contribution is 5.82. The predicted molar refractivity (Wildman–Crippen MR) is 160 cm³/mol. The van der Waals surface area contributed by atoms with Crippen LogP contribution in [0.3, 0.4) is 0 Å². The lowest BCUT2D eigenvalue weighted by atomic mass is 9.97. The summed E-state index contributed by atoms with van der Waals surface area (Å²) in [6.07, 6.45) is -0.467. The number of aryl methyl sites for hydroxylation is 1. The van der Waals surface area contributed by atoms with Crippen LogP contribution in [-0.2, 0) is 33.9 Å².